The predicted molar refractivity (Wildman–Crippen MR) is 69.4 cm³/mol. The lowest BCUT2D eigenvalue weighted by Gasteiger charge is -2.18. The van der Waals surface area contributed by atoms with Gasteiger partial charge in [0.25, 0.3) is 0 Å². The molecule has 0 fully saturated rings. The number of rotatable bonds is 4. The largest absolute Gasteiger partial charge is 0.469 e. The van der Waals surface area contributed by atoms with Gasteiger partial charge >= 0.3 is 5.97 Å². The molecule has 0 aromatic rings. The molecule has 0 spiro atoms. The Labute approximate surface area is 107 Å². The minimum absolute atomic E-state index is 0.136. The van der Waals surface area contributed by atoms with Crippen LogP contribution in [0.5, 0.6) is 0 Å². The van der Waals surface area contributed by atoms with E-state index in [0.29, 0.717) is 19.4 Å². The van der Waals surface area contributed by atoms with E-state index in [2.05, 4.69) is 15.4 Å². The second-order valence-corrected chi connectivity index (χ2v) is 5.05. The molecule has 0 bridgehead atoms. The first kappa shape index (κ1) is 15.8. The van der Waals surface area contributed by atoms with Crippen LogP contribution in [0.25, 0.3) is 0 Å². The Balaban J connectivity index is 3.75. The van der Waals surface area contributed by atoms with Gasteiger partial charge in [0, 0.05) is 18.4 Å². The summed E-state index contributed by atoms with van der Waals surface area (Å²) >= 11 is 4.95. The molecule has 1 amide bonds. The van der Waals surface area contributed by atoms with Gasteiger partial charge in [-0.15, -0.1) is 0 Å². The third-order valence-electron chi connectivity index (χ3n) is 1.98. The third kappa shape index (κ3) is 7.68. The van der Waals surface area contributed by atoms with Gasteiger partial charge in [0.15, 0.2) is 5.11 Å². The third-order valence-corrected chi connectivity index (χ3v) is 2.23. The summed E-state index contributed by atoms with van der Waals surface area (Å²) in [5.41, 5.74) is -0.474. The lowest BCUT2D eigenvalue weighted by Crippen LogP contribution is -2.44. The number of esters is 1. The number of hydrogen-bond acceptors (Lipinski definition) is 4. The van der Waals surface area contributed by atoms with E-state index in [-0.39, 0.29) is 17.0 Å². The van der Waals surface area contributed by atoms with Crippen molar-refractivity contribution in [1.82, 2.24) is 10.6 Å². The predicted octanol–water partition coefficient (Wildman–Crippen LogP) is 0.976. The average Bonchev–Trinajstić information content (AvgIpc) is 2.22. The molecule has 0 radical (unpaired) electrons. The Morgan fingerprint density at radius 3 is 2.35 bits per heavy atom. The smallest absolute Gasteiger partial charge is 0.305 e. The molecular weight excluding hydrogens is 240 g/mol. The van der Waals surface area contributed by atoms with Gasteiger partial charge in [-0.1, -0.05) is 20.8 Å². The minimum atomic E-state index is -0.474. The van der Waals surface area contributed by atoms with Crippen LogP contribution in [0.2, 0.25) is 0 Å². The van der Waals surface area contributed by atoms with Gasteiger partial charge in [0.05, 0.1) is 7.11 Å². The quantitative estimate of drug-likeness (QED) is 0.448. The molecule has 0 saturated heterocycles. The van der Waals surface area contributed by atoms with Crippen LogP contribution in [0.3, 0.4) is 0 Å². The van der Waals surface area contributed by atoms with E-state index in [4.69, 9.17) is 12.2 Å². The summed E-state index contributed by atoms with van der Waals surface area (Å²) in [7, 11) is 1.35. The summed E-state index contributed by atoms with van der Waals surface area (Å²) in [6, 6.07) is 0. The summed E-state index contributed by atoms with van der Waals surface area (Å²) < 4.78 is 4.50. The van der Waals surface area contributed by atoms with Crippen molar-refractivity contribution in [2.45, 2.75) is 33.6 Å². The maximum Gasteiger partial charge on any atom is 0.305 e. The lowest BCUT2D eigenvalue weighted by atomic mass is 9.96. The Morgan fingerprint density at radius 1 is 1.29 bits per heavy atom. The zero-order valence-electron chi connectivity index (χ0n) is 10.8. The Kier molecular flexibility index (Phi) is 6.72. The SMILES string of the molecule is COC(=O)CCCNC(=S)NC(=O)C(C)(C)C. The highest BCUT2D eigenvalue weighted by atomic mass is 32.1. The summed E-state index contributed by atoms with van der Waals surface area (Å²) in [6.45, 7) is 5.95. The summed E-state index contributed by atoms with van der Waals surface area (Å²) in [5.74, 6) is -0.389. The van der Waals surface area contributed by atoms with E-state index in [1.165, 1.54) is 7.11 Å². The van der Waals surface area contributed by atoms with Crippen LogP contribution in [-0.2, 0) is 14.3 Å². The zero-order valence-corrected chi connectivity index (χ0v) is 11.6. The molecule has 6 heteroatoms. The van der Waals surface area contributed by atoms with Gasteiger partial charge in [-0.2, -0.15) is 0 Å². The van der Waals surface area contributed by atoms with Crippen LogP contribution >= 0.6 is 12.2 Å². The number of thiocarbonyl (C=S) groups is 1. The van der Waals surface area contributed by atoms with E-state index >= 15 is 0 Å². The molecule has 98 valence electrons. The van der Waals surface area contributed by atoms with Crippen LogP contribution in [0, 0.1) is 5.41 Å². The zero-order chi connectivity index (χ0) is 13.5. The molecular formula is C11H20N2O3S. The molecule has 0 saturated carbocycles. The first-order valence-corrected chi connectivity index (χ1v) is 5.84. The number of carbonyl (C=O) groups is 2. The number of amides is 1. The van der Waals surface area contributed by atoms with Crippen molar-refractivity contribution < 1.29 is 14.3 Å². The number of carbonyl (C=O) groups excluding carboxylic acids is 2. The fourth-order valence-corrected chi connectivity index (χ4v) is 1.07. The lowest BCUT2D eigenvalue weighted by molar-refractivity contribution is -0.140. The molecule has 2 N–H and O–H groups in total. The van der Waals surface area contributed by atoms with Gasteiger partial charge in [-0.25, -0.2) is 0 Å². The topological polar surface area (TPSA) is 67.4 Å². The van der Waals surface area contributed by atoms with Gasteiger partial charge in [0.1, 0.15) is 0 Å². The van der Waals surface area contributed by atoms with Crippen LogP contribution in [0.15, 0.2) is 0 Å². The van der Waals surface area contributed by atoms with Crippen molar-refractivity contribution in [2.24, 2.45) is 5.41 Å². The molecule has 0 aromatic heterocycles. The Hall–Kier alpha value is -1.17. The van der Waals surface area contributed by atoms with Crippen LogP contribution in [0.4, 0.5) is 0 Å². The van der Waals surface area contributed by atoms with Gasteiger partial charge in [-0.3, -0.25) is 9.59 Å². The molecule has 0 unspecified atom stereocenters. The normalized spacial score (nSPS) is 10.6. The number of ether oxygens (including phenoxy) is 1. The molecule has 0 aromatic carbocycles. The van der Waals surface area contributed by atoms with Gasteiger partial charge < -0.3 is 15.4 Å². The highest BCUT2D eigenvalue weighted by Crippen LogP contribution is 2.11. The van der Waals surface area contributed by atoms with Crippen LogP contribution in [-0.4, -0.2) is 30.6 Å². The average molecular weight is 260 g/mol. The van der Waals surface area contributed by atoms with Crippen LogP contribution in [0.1, 0.15) is 33.6 Å². The van der Waals surface area contributed by atoms with Crippen molar-refractivity contribution >= 4 is 29.2 Å². The maximum absolute atomic E-state index is 11.5. The second-order valence-electron chi connectivity index (χ2n) is 4.64. The summed E-state index contributed by atoms with van der Waals surface area (Å²) in [5, 5.41) is 5.73. The van der Waals surface area contributed by atoms with E-state index < -0.39 is 5.41 Å². The van der Waals surface area contributed by atoms with Gasteiger partial charge in [0.2, 0.25) is 5.91 Å². The molecule has 0 aliphatic rings. The minimum Gasteiger partial charge on any atom is -0.469 e. The number of hydrogen-bond donors (Lipinski definition) is 2. The van der Waals surface area contributed by atoms with E-state index in [1.54, 1.807) is 0 Å². The molecule has 0 heterocycles. The Morgan fingerprint density at radius 2 is 1.88 bits per heavy atom. The summed E-state index contributed by atoms with van der Waals surface area (Å²) in [4.78, 5) is 22.4. The molecule has 17 heavy (non-hydrogen) atoms. The highest BCUT2D eigenvalue weighted by molar-refractivity contribution is 7.80. The van der Waals surface area contributed by atoms with E-state index in [9.17, 15) is 9.59 Å². The molecule has 0 atom stereocenters. The standard InChI is InChI=1S/C11H20N2O3S/c1-11(2,3)9(15)13-10(17)12-7-5-6-8(14)16-4/h5-7H2,1-4H3,(H2,12,13,15,17). The number of nitrogens with one attached hydrogen (secondary N) is 2. The van der Waals surface area contributed by atoms with Crippen molar-refractivity contribution in [3.8, 4) is 0 Å². The van der Waals surface area contributed by atoms with Gasteiger partial charge in [-0.05, 0) is 18.6 Å². The molecule has 0 rings (SSSR count). The van der Waals surface area contributed by atoms with E-state index in [1.807, 2.05) is 20.8 Å². The molecule has 0 aliphatic heterocycles. The summed E-state index contributed by atoms with van der Waals surface area (Å²) in [6.07, 6.45) is 0.942. The first-order valence-electron chi connectivity index (χ1n) is 5.43. The van der Waals surface area contributed by atoms with Crippen LogP contribution < -0.4 is 10.6 Å². The Bertz CT molecular complexity index is 298. The van der Waals surface area contributed by atoms with Crippen molar-refractivity contribution in [2.75, 3.05) is 13.7 Å². The fourth-order valence-electron chi connectivity index (χ4n) is 0.872. The van der Waals surface area contributed by atoms with E-state index in [0.717, 1.165) is 0 Å². The molecule has 5 nitrogen and oxygen atoms in total. The highest BCUT2D eigenvalue weighted by Gasteiger charge is 2.21. The number of methoxy groups -OCH3 is 1. The second kappa shape index (κ2) is 7.21. The first-order chi connectivity index (χ1) is 7.77. The fraction of sp³-hybridized carbons (Fsp3) is 0.727. The van der Waals surface area contributed by atoms with Crippen molar-refractivity contribution in [3.05, 3.63) is 0 Å². The van der Waals surface area contributed by atoms with Crippen molar-refractivity contribution in [3.63, 3.8) is 0 Å². The monoisotopic (exact) mass is 260 g/mol. The molecule has 0 aliphatic carbocycles. The maximum atomic E-state index is 11.5. The van der Waals surface area contributed by atoms with Crippen molar-refractivity contribution in [1.29, 1.82) is 0 Å².